The van der Waals surface area contributed by atoms with E-state index < -0.39 is 5.91 Å². The second-order valence-corrected chi connectivity index (χ2v) is 2.54. The van der Waals surface area contributed by atoms with Gasteiger partial charge in [0.2, 0.25) is 5.91 Å². The Hall–Kier alpha value is -1.30. The van der Waals surface area contributed by atoms with Gasteiger partial charge in [-0.1, -0.05) is 5.16 Å². The Morgan fingerprint density at radius 3 is 2.67 bits per heavy atom. The first-order valence-corrected chi connectivity index (χ1v) is 3.54. The van der Waals surface area contributed by atoms with Gasteiger partial charge in [0.05, 0.1) is 6.54 Å². The summed E-state index contributed by atoms with van der Waals surface area (Å²) >= 11 is 0. The summed E-state index contributed by atoms with van der Waals surface area (Å²) in [4.78, 5) is 10.3. The topological polar surface area (TPSA) is 114 Å². The first-order chi connectivity index (χ1) is 5.56. The highest BCUT2D eigenvalue weighted by Gasteiger charge is 2.04. The number of primary amides is 1. The lowest BCUT2D eigenvalue weighted by Crippen LogP contribution is -2.37. The van der Waals surface area contributed by atoms with Crippen molar-refractivity contribution in [1.82, 2.24) is 5.32 Å². The molecule has 70 valence electrons. The third kappa shape index (κ3) is 5.48. The Morgan fingerprint density at radius 1 is 1.67 bits per heavy atom. The maximum Gasteiger partial charge on any atom is 0.231 e. The second-order valence-electron chi connectivity index (χ2n) is 2.54. The molecule has 0 aromatic heterocycles. The van der Waals surface area contributed by atoms with E-state index in [0.717, 1.165) is 0 Å². The van der Waals surface area contributed by atoms with Crippen LogP contribution in [-0.4, -0.2) is 29.5 Å². The van der Waals surface area contributed by atoms with Crippen LogP contribution in [0.4, 0.5) is 0 Å². The monoisotopic (exact) mass is 174 g/mol. The quantitative estimate of drug-likeness (QED) is 0.177. The number of hydrogen-bond acceptors (Lipinski definition) is 4. The van der Waals surface area contributed by atoms with E-state index in [1.165, 1.54) is 0 Å². The number of nitrogens with two attached hydrogens (primary N) is 2. The van der Waals surface area contributed by atoms with E-state index in [4.69, 9.17) is 16.7 Å². The molecule has 1 amide bonds. The van der Waals surface area contributed by atoms with Gasteiger partial charge in [-0.05, 0) is 6.92 Å². The lowest BCUT2D eigenvalue weighted by atomic mass is 10.2. The van der Waals surface area contributed by atoms with Gasteiger partial charge in [-0.3, -0.25) is 4.79 Å². The van der Waals surface area contributed by atoms with Crippen molar-refractivity contribution in [2.45, 2.75) is 19.4 Å². The van der Waals surface area contributed by atoms with Crippen LogP contribution in [0.2, 0.25) is 0 Å². The number of nitrogens with one attached hydrogen (secondary N) is 1. The normalized spacial score (nSPS) is 14.2. The van der Waals surface area contributed by atoms with Gasteiger partial charge >= 0.3 is 0 Å². The van der Waals surface area contributed by atoms with Crippen LogP contribution in [0.3, 0.4) is 0 Å². The van der Waals surface area contributed by atoms with E-state index in [1.807, 2.05) is 0 Å². The second kappa shape index (κ2) is 5.36. The summed E-state index contributed by atoms with van der Waals surface area (Å²) in [7, 11) is 0. The molecule has 0 radical (unpaired) electrons. The molecule has 0 aliphatic carbocycles. The van der Waals surface area contributed by atoms with Crippen LogP contribution in [0.25, 0.3) is 0 Å². The molecule has 6 nitrogen and oxygen atoms in total. The van der Waals surface area contributed by atoms with Crippen molar-refractivity contribution in [2.75, 3.05) is 6.54 Å². The number of amides is 1. The number of oxime groups is 1. The summed E-state index contributed by atoms with van der Waals surface area (Å²) in [5.74, 6) is -0.305. The molecular weight excluding hydrogens is 160 g/mol. The van der Waals surface area contributed by atoms with Crippen molar-refractivity contribution in [2.24, 2.45) is 16.6 Å². The van der Waals surface area contributed by atoms with Crippen LogP contribution in [0.1, 0.15) is 13.3 Å². The third-order valence-corrected chi connectivity index (χ3v) is 1.27. The molecule has 0 aromatic rings. The molecule has 0 aromatic carbocycles. The zero-order chi connectivity index (χ0) is 9.56. The summed E-state index contributed by atoms with van der Waals surface area (Å²) < 4.78 is 0. The smallest absolute Gasteiger partial charge is 0.231 e. The van der Waals surface area contributed by atoms with Crippen LogP contribution < -0.4 is 16.8 Å². The molecule has 12 heavy (non-hydrogen) atoms. The van der Waals surface area contributed by atoms with E-state index in [-0.39, 0.29) is 18.4 Å². The number of carbonyl (C=O) groups excluding carboxylic acids is 1. The summed E-state index contributed by atoms with van der Waals surface area (Å²) in [6.07, 6.45) is 0.379. The van der Waals surface area contributed by atoms with Crippen molar-refractivity contribution in [3.63, 3.8) is 0 Å². The van der Waals surface area contributed by atoms with Gasteiger partial charge in [0.15, 0.2) is 0 Å². The largest absolute Gasteiger partial charge is 0.409 e. The highest BCUT2D eigenvalue weighted by Crippen LogP contribution is 1.88. The van der Waals surface area contributed by atoms with Crippen LogP contribution in [-0.2, 0) is 4.79 Å². The van der Waals surface area contributed by atoms with Gasteiger partial charge in [-0.2, -0.15) is 0 Å². The lowest BCUT2D eigenvalue weighted by Gasteiger charge is -2.10. The van der Waals surface area contributed by atoms with Gasteiger partial charge in [0.25, 0.3) is 0 Å². The number of amidine groups is 1. The van der Waals surface area contributed by atoms with Gasteiger partial charge in [0.1, 0.15) is 5.84 Å². The van der Waals surface area contributed by atoms with Crippen molar-refractivity contribution in [3.8, 4) is 0 Å². The Bertz CT molecular complexity index is 180. The Kier molecular flexibility index (Phi) is 4.78. The minimum atomic E-state index is -0.429. The van der Waals surface area contributed by atoms with Crippen molar-refractivity contribution in [1.29, 1.82) is 0 Å². The van der Waals surface area contributed by atoms with Crippen LogP contribution in [0, 0.1) is 0 Å². The van der Waals surface area contributed by atoms with Crippen molar-refractivity contribution >= 4 is 11.7 Å². The van der Waals surface area contributed by atoms with E-state index in [2.05, 4.69) is 10.5 Å². The molecule has 0 heterocycles. The van der Waals surface area contributed by atoms with E-state index >= 15 is 0 Å². The molecular formula is C6H14N4O2. The van der Waals surface area contributed by atoms with E-state index in [1.54, 1.807) is 6.92 Å². The van der Waals surface area contributed by atoms with Crippen LogP contribution in [0.15, 0.2) is 5.16 Å². The van der Waals surface area contributed by atoms with E-state index in [0.29, 0.717) is 6.42 Å². The molecule has 0 spiro atoms. The third-order valence-electron chi connectivity index (χ3n) is 1.27. The van der Waals surface area contributed by atoms with Crippen molar-refractivity contribution in [3.05, 3.63) is 0 Å². The predicted molar refractivity (Wildman–Crippen MR) is 44.7 cm³/mol. The fraction of sp³-hybridized carbons (Fsp3) is 0.667. The number of nitrogens with zero attached hydrogens (tertiary/aromatic N) is 1. The molecule has 0 rings (SSSR count). The van der Waals surface area contributed by atoms with Gasteiger partial charge in [-0.25, -0.2) is 0 Å². The number of hydrogen-bond donors (Lipinski definition) is 4. The highest BCUT2D eigenvalue weighted by molar-refractivity contribution is 5.80. The minimum Gasteiger partial charge on any atom is -0.409 e. The zero-order valence-corrected chi connectivity index (χ0v) is 6.95. The highest BCUT2D eigenvalue weighted by atomic mass is 16.4. The van der Waals surface area contributed by atoms with Crippen LogP contribution in [0.5, 0.6) is 0 Å². The molecule has 0 fully saturated rings. The molecule has 6 N–H and O–H groups in total. The summed E-state index contributed by atoms with van der Waals surface area (Å²) in [6, 6.07) is -0.0339. The Balaban J connectivity index is 3.59. The standard InChI is InChI=1S/C6H14N4O2/c1-4(2-5(7)10-12)9-3-6(8)11/h4,9,12H,2-3H2,1H3,(H2,7,10)(H2,8,11). The fourth-order valence-corrected chi connectivity index (χ4v) is 0.702. The number of rotatable bonds is 5. The van der Waals surface area contributed by atoms with Gasteiger partial charge < -0.3 is 22.0 Å². The first kappa shape index (κ1) is 10.7. The fourth-order valence-electron chi connectivity index (χ4n) is 0.702. The molecule has 0 aliphatic rings. The summed E-state index contributed by atoms with van der Waals surface area (Å²) in [6.45, 7) is 1.90. The molecule has 0 aliphatic heterocycles. The summed E-state index contributed by atoms with van der Waals surface area (Å²) in [5, 5.41) is 13.8. The maximum absolute atomic E-state index is 10.3. The maximum atomic E-state index is 10.3. The zero-order valence-electron chi connectivity index (χ0n) is 6.95. The SMILES string of the molecule is CC(CC(N)=NO)NCC(N)=O. The minimum absolute atomic E-state index is 0.0339. The predicted octanol–water partition coefficient (Wildman–Crippen LogP) is -1.41. The molecule has 0 saturated heterocycles. The Labute approximate surface area is 70.6 Å². The van der Waals surface area contributed by atoms with E-state index in [9.17, 15) is 4.79 Å². The van der Waals surface area contributed by atoms with Gasteiger partial charge in [0, 0.05) is 12.5 Å². The molecule has 0 saturated carbocycles. The number of carbonyl (C=O) groups is 1. The average molecular weight is 174 g/mol. The molecule has 1 atom stereocenters. The van der Waals surface area contributed by atoms with Gasteiger partial charge in [-0.15, -0.1) is 0 Å². The summed E-state index contributed by atoms with van der Waals surface area (Å²) in [5.41, 5.74) is 10.1. The molecule has 1 unspecified atom stereocenters. The Morgan fingerprint density at radius 2 is 2.25 bits per heavy atom. The lowest BCUT2D eigenvalue weighted by molar-refractivity contribution is -0.117. The first-order valence-electron chi connectivity index (χ1n) is 3.54. The van der Waals surface area contributed by atoms with Crippen LogP contribution >= 0.6 is 0 Å². The average Bonchev–Trinajstić information content (AvgIpc) is 2.00. The molecule has 6 heteroatoms. The van der Waals surface area contributed by atoms with Crippen molar-refractivity contribution < 1.29 is 10.0 Å². The molecule has 0 bridgehead atoms.